The van der Waals surface area contributed by atoms with Gasteiger partial charge in [0.2, 0.25) is 0 Å². The van der Waals surface area contributed by atoms with Crippen LogP contribution < -0.4 is 5.73 Å². The van der Waals surface area contributed by atoms with Gasteiger partial charge in [0.15, 0.2) is 0 Å². The van der Waals surface area contributed by atoms with E-state index in [2.05, 4.69) is 9.68 Å². The van der Waals surface area contributed by atoms with Crippen molar-refractivity contribution in [3.8, 4) is 11.3 Å². The van der Waals surface area contributed by atoms with Gasteiger partial charge in [-0.2, -0.15) is 0 Å². The van der Waals surface area contributed by atoms with Gasteiger partial charge in [0.25, 0.3) is 0 Å². The smallest absolute Gasteiger partial charge is 0.147 e. The van der Waals surface area contributed by atoms with Crippen LogP contribution in [0.5, 0.6) is 0 Å². The minimum atomic E-state index is -0.320. The molecule has 0 amide bonds. The summed E-state index contributed by atoms with van der Waals surface area (Å²) in [6.45, 7) is 0. The average molecular weight is 178 g/mol. The summed E-state index contributed by atoms with van der Waals surface area (Å²) in [6.07, 6.45) is 1.32. The Bertz CT molecular complexity index is 425. The van der Waals surface area contributed by atoms with Gasteiger partial charge in [-0.25, -0.2) is 4.39 Å². The average Bonchev–Trinajstić information content (AvgIpc) is 2.51. The van der Waals surface area contributed by atoms with E-state index in [4.69, 9.17) is 5.73 Å². The van der Waals surface area contributed by atoms with Gasteiger partial charge in [-0.15, -0.1) is 0 Å². The third-order valence-electron chi connectivity index (χ3n) is 1.70. The largest absolute Gasteiger partial charge is 0.394 e. The van der Waals surface area contributed by atoms with Crippen LogP contribution in [0.25, 0.3) is 11.3 Å². The molecule has 0 radical (unpaired) electrons. The quantitative estimate of drug-likeness (QED) is 0.727. The minimum Gasteiger partial charge on any atom is -0.394 e. The summed E-state index contributed by atoms with van der Waals surface area (Å²) >= 11 is 0. The van der Waals surface area contributed by atoms with E-state index < -0.39 is 0 Å². The fourth-order valence-corrected chi connectivity index (χ4v) is 1.10. The van der Waals surface area contributed by atoms with Crippen LogP contribution in [0.4, 0.5) is 10.1 Å². The van der Waals surface area contributed by atoms with Crippen molar-refractivity contribution >= 4 is 5.69 Å². The van der Waals surface area contributed by atoms with Crippen LogP contribution >= 0.6 is 0 Å². The monoisotopic (exact) mass is 178 g/mol. The fourth-order valence-electron chi connectivity index (χ4n) is 1.10. The molecule has 0 unspecified atom stereocenters. The Morgan fingerprint density at radius 2 is 2.23 bits per heavy atom. The lowest BCUT2D eigenvalue weighted by Crippen LogP contribution is -1.86. The van der Waals surface area contributed by atoms with E-state index in [1.165, 1.54) is 18.4 Å². The van der Waals surface area contributed by atoms with E-state index in [1.54, 1.807) is 12.1 Å². The van der Waals surface area contributed by atoms with Crippen molar-refractivity contribution in [2.75, 3.05) is 5.73 Å². The molecule has 0 saturated heterocycles. The molecule has 0 aliphatic carbocycles. The molecule has 0 aliphatic heterocycles. The maximum Gasteiger partial charge on any atom is 0.147 e. The van der Waals surface area contributed by atoms with Gasteiger partial charge in [0.1, 0.15) is 23.5 Å². The number of nitrogens with two attached hydrogens (primary N) is 1. The van der Waals surface area contributed by atoms with Crippen LogP contribution in [0.1, 0.15) is 0 Å². The third-order valence-corrected chi connectivity index (χ3v) is 1.70. The molecule has 0 atom stereocenters. The van der Waals surface area contributed by atoms with Crippen LogP contribution in [-0.4, -0.2) is 5.16 Å². The van der Waals surface area contributed by atoms with E-state index in [0.29, 0.717) is 16.9 Å². The van der Waals surface area contributed by atoms with E-state index in [0.717, 1.165) is 0 Å². The molecule has 1 heterocycles. The standard InChI is InChI=1S/C9H7FN2O/c10-7-3-1-2-6(4-7)9-8(11)5-13-12-9/h1-5H,11H2. The molecule has 66 valence electrons. The Kier molecular flexibility index (Phi) is 1.73. The van der Waals surface area contributed by atoms with Crippen molar-refractivity contribution in [1.82, 2.24) is 5.16 Å². The van der Waals surface area contributed by atoms with Gasteiger partial charge in [0.05, 0.1) is 0 Å². The van der Waals surface area contributed by atoms with E-state index >= 15 is 0 Å². The maximum absolute atomic E-state index is 12.8. The minimum absolute atomic E-state index is 0.320. The molecule has 3 nitrogen and oxygen atoms in total. The Morgan fingerprint density at radius 1 is 1.38 bits per heavy atom. The molecule has 0 bridgehead atoms. The number of benzene rings is 1. The number of nitrogen functional groups attached to an aromatic ring is 1. The lowest BCUT2D eigenvalue weighted by Gasteiger charge is -1.96. The number of hydrogen-bond acceptors (Lipinski definition) is 3. The summed E-state index contributed by atoms with van der Waals surface area (Å²) in [7, 11) is 0. The van der Waals surface area contributed by atoms with Gasteiger partial charge >= 0.3 is 0 Å². The first-order valence-electron chi connectivity index (χ1n) is 3.73. The highest BCUT2D eigenvalue weighted by atomic mass is 19.1. The maximum atomic E-state index is 12.8. The summed E-state index contributed by atoms with van der Waals surface area (Å²) in [5.41, 5.74) is 7.04. The van der Waals surface area contributed by atoms with Gasteiger partial charge in [-0.1, -0.05) is 17.3 Å². The molecule has 0 fully saturated rings. The first-order valence-corrected chi connectivity index (χ1v) is 3.73. The highest BCUT2D eigenvalue weighted by molar-refractivity contribution is 5.70. The molecule has 2 rings (SSSR count). The normalized spacial score (nSPS) is 10.2. The zero-order valence-corrected chi connectivity index (χ0v) is 6.70. The summed E-state index contributed by atoms with van der Waals surface area (Å²) in [5, 5.41) is 3.66. The molecule has 4 heteroatoms. The number of hydrogen-bond donors (Lipinski definition) is 1. The summed E-state index contributed by atoms with van der Waals surface area (Å²) in [4.78, 5) is 0. The second kappa shape index (κ2) is 2.90. The molecule has 0 aliphatic rings. The molecule has 0 spiro atoms. The number of rotatable bonds is 1. The Hall–Kier alpha value is -1.84. The number of anilines is 1. The van der Waals surface area contributed by atoms with Gasteiger partial charge in [-0.3, -0.25) is 0 Å². The number of aromatic nitrogens is 1. The molecule has 1 aromatic carbocycles. The van der Waals surface area contributed by atoms with Crippen LogP contribution in [0.2, 0.25) is 0 Å². The zero-order valence-electron chi connectivity index (χ0n) is 6.70. The van der Waals surface area contributed by atoms with Crippen molar-refractivity contribution in [1.29, 1.82) is 0 Å². The SMILES string of the molecule is Nc1conc1-c1cccc(F)c1. The summed E-state index contributed by atoms with van der Waals surface area (Å²) < 4.78 is 17.4. The van der Waals surface area contributed by atoms with E-state index in [1.807, 2.05) is 0 Å². The van der Waals surface area contributed by atoms with Crippen molar-refractivity contribution in [3.05, 3.63) is 36.3 Å². The zero-order chi connectivity index (χ0) is 9.26. The molecule has 13 heavy (non-hydrogen) atoms. The first kappa shape index (κ1) is 7.79. The highest BCUT2D eigenvalue weighted by Crippen LogP contribution is 2.23. The molecular weight excluding hydrogens is 171 g/mol. The van der Waals surface area contributed by atoms with Gasteiger partial charge in [0, 0.05) is 5.56 Å². The molecular formula is C9H7FN2O. The molecule has 0 saturated carbocycles. The predicted octanol–water partition coefficient (Wildman–Crippen LogP) is 2.06. The van der Waals surface area contributed by atoms with Crippen molar-refractivity contribution in [3.63, 3.8) is 0 Å². The van der Waals surface area contributed by atoms with E-state index in [9.17, 15) is 4.39 Å². The van der Waals surface area contributed by atoms with Gasteiger partial charge < -0.3 is 10.3 Å². The van der Waals surface area contributed by atoms with Gasteiger partial charge in [-0.05, 0) is 12.1 Å². The van der Waals surface area contributed by atoms with Crippen molar-refractivity contribution in [2.24, 2.45) is 0 Å². The van der Waals surface area contributed by atoms with Crippen molar-refractivity contribution in [2.45, 2.75) is 0 Å². The lowest BCUT2D eigenvalue weighted by atomic mass is 10.1. The first-order chi connectivity index (χ1) is 6.27. The predicted molar refractivity (Wildman–Crippen MR) is 46.3 cm³/mol. The number of nitrogens with zero attached hydrogens (tertiary/aromatic N) is 1. The molecule has 2 aromatic rings. The van der Waals surface area contributed by atoms with Crippen LogP contribution in [0.3, 0.4) is 0 Å². The van der Waals surface area contributed by atoms with Crippen molar-refractivity contribution < 1.29 is 8.91 Å². The number of halogens is 1. The van der Waals surface area contributed by atoms with Crippen LogP contribution in [0, 0.1) is 5.82 Å². The second-order valence-corrected chi connectivity index (χ2v) is 2.63. The molecule has 2 N–H and O–H groups in total. The Balaban J connectivity index is 2.53. The third kappa shape index (κ3) is 1.38. The fraction of sp³-hybridized carbons (Fsp3) is 0. The summed E-state index contributed by atoms with van der Waals surface area (Å²) in [5.74, 6) is -0.320. The van der Waals surface area contributed by atoms with E-state index in [-0.39, 0.29) is 5.82 Å². The van der Waals surface area contributed by atoms with Crippen LogP contribution in [0.15, 0.2) is 35.1 Å². The summed E-state index contributed by atoms with van der Waals surface area (Å²) in [6, 6.07) is 6.03. The Morgan fingerprint density at radius 3 is 2.85 bits per heavy atom. The second-order valence-electron chi connectivity index (χ2n) is 2.63. The highest BCUT2D eigenvalue weighted by Gasteiger charge is 2.06. The topological polar surface area (TPSA) is 52.0 Å². The van der Waals surface area contributed by atoms with Crippen LogP contribution in [-0.2, 0) is 0 Å². The molecule has 1 aromatic heterocycles. The Labute approximate surface area is 74.0 Å². The lowest BCUT2D eigenvalue weighted by molar-refractivity contribution is 0.422.